The minimum atomic E-state index is 0.0511. The number of aromatic nitrogens is 2. The van der Waals surface area contributed by atoms with E-state index in [-0.39, 0.29) is 5.78 Å². The van der Waals surface area contributed by atoms with E-state index in [1.54, 1.807) is 13.1 Å². The van der Waals surface area contributed by atoms with Gasteiger partial charge in [-0.2, -0.15) is 4.37 Å². The highest BCUT2D eigenvalue weighted by Gasteiger charge is 2.14. The van der Waals surface area contributed by atoms with E-state index in [1.807, 2.05) is 26.1 Å². The van der Waals surface area contributed by atoms with Gasteiger partial charge in [0.05, 0.1) is 11.3 Å². The molecule has 0 spiro atoms. The number of nitrogens with zero attached hydrogens (tertiary/aromatic N) is 2. The number of nitrogens with one attached hydrogen (secondary N) is 1. The SMILES string of the molecule is CC(=O)c1c(C)nsc1NCc1ccncc1C. The van der Waals surface area contributed by atoms with Gasteiger partial charge in [-0.25, -0.2) is 0 Å². The van der Waals surface area contributed by atoms with Gasteiger partial charge in [-0.3, -0.25) is 9.78 Å². The molecule has 0 atom stereocenters. The van der Waals surface area contributed by atoms with Crippen molar-refractivity contribution in [3.63, 3.8) is 0 Å². The number of anilines is 1. The molecule has 4 nitrogen and oxygen atoms in total. The van der Waals surface area contributed by atoms with Crippen LogP contribution in [0.2, 0.25) is 0 Å². The highest BCUT2D eigenvalue weighted by atomic mass is 32.1. The Morgan fingerprint density at radius 1 is 1.44 bits per heavy atom. The van der Waals surface area contributed by atoms with Crippen molar-refractivity contribution in [3.05, 3.63) is 40.8 Å². The third-order valence-electron chi connectivity index (χ3n) is 2.79. The monoisotopic (exact) mass is 261 g/mol. The predicted octanol–water partition coefficient (Wildman–Crippen LogP) is 2.97. The fraction of sp³-hybridized carbons (Fsp3) is 0.308. The summed E-state index contributed by atoms with van der Waals surface area (Å²) in [6.45, 7) is 6.12. The van der Waals surface area contributed by atoms with Crippen molar-refractivity contribution in [1.29, 1.82) is 0 Å². The van der Waals surface area contributed by atoms with Crippen LogP contribution in [0.1, 0.15) is 34.1 Å². The van der Waals surface area contributed by atoms with Gasteiger partial charge in [0.25, 0.3) is 0 Å². The first-order valence-electron chi connectivity index (χ1n) is 5.70. The highest BCUT2D eigenvalue weighted by Crippen LogP contribution is 2.25. The van der Waals surface area contributed by atoms with Gasteiger partial charge in [0.15, 0.2) is 5.78 Å². The van der Waals surface area contributed by atoms with Gasteiger partial charge in [0.1, 0.15) is 5.00 Å². The fourth-order valence-electron chi connectivity index (χ4n) is 1.78. The van der Waals surface area contributed by atoms with Crippen LogP contribution in [0.25, 0.3) is 0 Å². The second kappa shape index (κ2) is 5.27. The number of carbonyl (C=O) groups is 1. The maximum Gasteiger partial charge on any atom is 0.164 e. The van der Waals surface area contributed by atoms with Crippen LogP contribution in [0, 0.1) is 13.8 Å². The normalized spacial score (nSPS) is 10.4. The third-order valence-corrected chi connectivity index (χ3v) is 3.69. The van der Waals surface area contributed by atoms with E-state index in [1.165, 1.54) is 17.1 Å². The molecule has 0 saturated carbocycles. The first kappa shape index (κ1) is 12.7. The fourth-order valence-corrected chi connectivity index (χ4v) is 2.62. The average Bonchev–Trinajstić information content (AvgIpc) is 2.69. The topological polar surface area (TPSA) is 54.9 Å². The first-order valence-corrected chi connectivity index (χ1v) is 6.47. The molecule has 1 N–H and O–H groups in total. The molecular formula is C13H15N3OS. The van der Waals surface area contributed by atoms with E-state index in [0.717, 1.165) is 16.3 Å². The Bertz CT molecular complexity index is 577. The lowest BCUT2D eigenvalue weighted by Gasteiger charge is -2.07. The quantitative estimate of drug-likeness (QED) is 0.860. The van der Waals surface area contributed by atoms with Crippen LogP contribution >= 0.6 is 11.5 Å². The lowest BCUT2D eigenvalue weighted by atomic mass is 10.1. The Morgan fingerprint density at radius 2 is 2.22 bits per heavy atom. The molecule has 0 aliphatic heterocycles. The maximum atomic E-state index is 11.5. The molecule has 2 rings (SSSR count). The third kappa shape index (κ3) is 2.56. The van der Waals surface area contributed by atoms with Gasteiger partial charge < -0.3 is 5.32 Å². The van der Waals surface area contributed by atoms with Gasteiger partial charge in [0, 0.05) is 18.9 Å². The molecule has 2 aromatic rings. The minimum absolute atomic E-state index is 0.0511. The lowest BCUT2D eigenvalue weighted by molar-refractivity contribution is 0.101. The molecule has 5 heteroatoms. The van der Waals surface area contributed by atoms with Crippen LogP contribution in [-0.4, -0.2) is 15.1 Å². The summed E-state index contributed by atoms with van der Waals surface area (Å²) in [6, 6.07) is 1.98. The molecule has 0 saturated heterocycles. The van der Waals surface area contributed by atoms with E-state index in [4.69, 9.17) is 0 Å². The van der Waals surface area contributed by atoms with Gasteiger partial charge in [0.2, 0.25) is 0 Å². The van der Waals surface area contributed by atoms with Gasteiger partial charge in [-0.05, 0) is 49.5 Å². The summed E-state index contributed by atoms with van der Waals surface area (Å²) >= 11 is 1.33. The Hall–Kier alpha value is -1.75. The van der Waals surface area contributed by atoms with Crippen LogP contribution in [0.3, 0.4) is 0 Å². The second-order valence-electron chi connectivity index (χ2n) is 4.18. The van der Waals surface area contributed by atoms with E-state index in [0.29, 0.717) is 12.1 Å². The minimum Gasteiger partial charge on any atom is -0.371 e. The van der Waals surface area contributed by atoms with Crippen LogP contribution in [-0.2, 0) is 6.54 Å². The molecule has 2 heterocycles. The van der Waals surface area contributed by atoms with Crippen LogP contribution in [0.15, 0.2) is 18.5 Å². The van der Waals surface area contributed by atoms with Crippen molar-refractivity contribution < 1.29 is 4.79 Å². The van der Waals surface area contributed by atoms with Gasteiger partial charge in [-0.15, -0.1) is 0 Å². The summed E-state index contributed by atoms with van der Waals surface area (Å²) in [5.41, 5.74) is 3.80. The largest absolute Gasteiger partial charge is 0.371 e. The predicted molar refractivity (Wildman–Crippen MR) is 73.2 cm³/mol. The zero-order valence-corrected chi connectivity index (χ0v) is 11.5. The molecule has 0 bridgehead atoms. The smallest absolute Gasteiger partial charge is 0.164 e. The van der Waals surface area contributed by atoms with Crippen molar-refractivity contribution in [2.24, 2.45) is 0 Å². The van der Waals surface area contributed by atoms with Crippen LogP contribution in [0.4, 0.5) is 5.00 Å². The lowest BCUT2D eigenvalue weighted by Crippen LogP contribution is -2.04. The molecule has 0 aliphatic carbocycles. The highest BCUT2D eigenvalue weighted by molar-refractivity contribution is 7.10. The number of rotatable bonds is 4. The van der Waals surface area contributed by atoms with Gasteiger partial charge in [-0.1, -0.05) is 0 Å². The number of hydrogen-bond acceptors (Lipinski definition) is 5. The number of Topliss-reactive ketones (excluding diaryl/α,β-unsaturated/α-hetero) is 1. The summed E-state index contributed by atoms with van der Waals surface area (Å²) in [4.78, 5) is 15.6. The molecule has 94 valence electrons. The van der Waals surface area contributed by atoms with Crippen molar-refractivity contribution >= 4 is 22.3 Å². The van der Waals surface area contributed by atoms with E-state index < -0.39 is 0 Å². The Labute approximate surface area is 110 Å². The first-order chi connectivity index (χ1) is 8.59. The number of ketones is 1. The second-order valence-corrected chi connectivity index (χ2v) is 4.96. The molecule has 0 unspecified atom stereocenters. The van der Waals surface area contributed by atoms with E-state index in [9.17, 15) is 4.79 Å². The molecule has 0 fully saturated rings. The zero-order valence-electron chi connectivity index (χ0n) is 10.7. The summed E-state index contributed by atoms with van der Waals surface area (Å²) in [6.07, 6.45) is 3.61. The summed E-state index contributed by atoms with van der Waals surface area (Å²) in [5, 5.41) is 4.12. The number of pyridine rings is 1. The van der Waals surface area contributed by atoms with Crippen molar-refractivity contribution in [3.8, 4) is 0 Å². The van der Waals surface area contributed by atoms with Crippen molar-refractivity contribution in [2.75, 3.05) is 5.32 Å². The van der Waals surface area contributed by atoms with Crippen molar-refractivity contribution in [2.45, 2.75) is 27.3 Å². The van der Waals surface area contributed by atoms with Crippen molar-refractivity contribution in [1.82, 2.24) is 9.36 Å². The number of aryl methyl sites for hydroxylation is 2. The molecule has 0 aliphatic rings. The number of hydrogen-bond donors (Lipinski definition) is 1. The molecule has 18 heavy (non-hydrogen) atoms. The molecule has 0 amide bonds. The summed E-state index contributed by atoms with van der Waals surface area (Å²) < 4.78 is 4.22. The summed E-state index contributed by atoms with van der Waals surface area (Å²) in [5.74, 6) is 0.0511. The van der Waals surface area contributed by atoms with Gasteiger partial charge >= 0.3 is 0 Å². The molecule has 0 radical (unpaired) electrons. The Morgan fingerprint density at radius 3 is 2.89 bits per heavy atom. The zero-order chi connectivity index (χ0) is 13.1. The van der Waals surface area contributed by atoms with E-state index >= 15 is 0 Å². The van der Waals surface area contributed by atoms with Crippen LogP contribution < -0.4 is 5.32 Å². The maximum absolute atomic E-state index is 11.5. The van der Waals surface area contributed by atoms with E-state index in [2.05, 4.69) is 14.7 Å². The summed E-state index contributed by atoms with van der Waals surface area (Å²) in [7, 11) is 0. The molecule has 0 aromatic carbocycles. The number of carbonyl (C=O) groups excluding carboxylic acids is 1. The average molecular weight is 261 g/mol. The molecular weight excluding hydrogens is 246 g/mol. The van der Waals surface area contributed by atoms with Crippen LogP contribution in [0.5, 0.6) is 0 Å². The Balaban J connectivity index is 2.16. The Kier molecular flexibility index (Phi) is 3.72. The molecule has 2 aromatic heterocycles. The standard InChI is InChI=1S/C13H15N3OS/c1-8-6-14-5-4-11(8)7-15-13-12(10(3)17)9(2)16-18-13/h4-6,15H,7H2,1-3H3.